The molecule has 0 bridgehead atoms. The van der Waals surface area contributed by atoms with Crippen LogP contribution in [0.5, 0.6) is 0 Å². The third kappa shape index (κ3) is 8.11. The molecular weight excluding hydrogens is 513 g/mol. The van der Waals surface area contributed by atoms with Gasteiger partial charge >= 0.3 is 5.97 Å². The van der Waals surface area contributed by atoms with Crippen LogP contribution in [0.4, 0.5) is 0 Å². The Balaban J connectivity index is 1.50. The summed E-state index contributed by atoms with van der Waals surface area (Å²) in [6, 6.07) is 9.47. The van der Waals surface area contributed by atoms with Crippen molar-refractivity contribution in [1.29, 1.82) is 0 Å². The minimum absolute atomic E-state index is 0.0185. The lowest BCUT2D eigenvalue weighted by molar-refractivity contribution is 0.0295. The van der Waals surface area contributed by atoms with Gasteiger partial charge in [-0.3, -0.25) is 0 Å². The number of nitrogens with zero attached hydrogens (tertiary/aromatic N) is 1. The van der Waals surface area contributed by atoms with E-state index in [2.05, 4.69) is 0 Å². The van der Waals surface area contributed by atoms with E-state index < -0.39 is 0 Å². The van der Waals surface area contributed by atoms with E-state index in [0.29, 0.717) is 27.9 Å². The van der Waals surface area contributed by atoms with Crippen molar-refractivity contribution in [2.45, 2.75) is 63.0 Å². The zero-order chi connectivity index (χ0) is 24.8. The fourth-order valence-electron chi connectivity index (χ4n) is 4.95. The molecule has 0 radical (unpaired) electrons. The first-order valence-electron chi connectivity index (χ1n) is 11.8. The quantitative estimate of drug-likeness (QED) is 0.251. The summed E-state index contributed by atoms with van der Waals surface area (Å²) in [6.07, 6.45) is 4.56. The van der Waals surface area contributed by atoms with Crippen molar-refractivity contribution in [3.8, 4) is 0 Å². The van der Waals surface area contributed by atoms with Crippen LogP contribution >= 0.6 is 46.1 Å². The van der Waals surface area contributed by atoms with Gasteiger partial charge in [0.2, 0.25) is 0 Å². The van der Waals surface area contributed by atoms with E-state index in [1.165, 1.54) is 16.2 Å². The molecule has 2 aromatic rings. The van der Waals surface area contributed by atoms with E-state index in [1.54, 1.807) is 6.07 Å². The summed E-state index contributed by atoms with van der Waals surface area (Å²) < 4.78 is 5.53. The van der Waals surface area contributed by atoms with Crippen molar-refractivity contribution < 1.29 is 14.6 Å². The Morgan fingerprint density at radius 2 is 1.85 bits per heavy atom. The molecule has 5 atom stereocenters. The van der Waals surface area contributed by atoms with Gasteiger partial charge in [-0.1, -0.05) is 23.2 Å². The zero-order valence-electron chi connectivity index (χ0n) is 20.0. The van der Waals surface area contributed by atoms with E-state index in [-0.39, 0.29) is 35.4 Å². The number of benzene rings is 1. The first-order chi connectivity index (χ1) is 16.1. The summed E-state index contributed by atoms with van der Waals surface area (Å²) >= 11 is 20.4. The van der Waals surface area contributed by atoms with E-state index in [4.69, 9.17) is 39.5 Å². The highest BCUT2D eigenvalue weighted by Crippen LogP contribution is 2.42. The van der Waals surface area contributed by atoms with Crippen molar-refractivity contribution in [2.75, 3.05) is 20.6 Å². The lowest BCUT2D eigenvalue weighted by Gasteiger charge is -2.23. The number of esters is 1. The highest BCUT2D eigenvalue weighted by atomic mass is 35.5. The number of aliphatic hydroxyl groups excluding tert-OH is 1. The van der Waals surface area contributed by atoms with E-state index in [0.717, 1.165) is 37.7 Å². The molecule has 1 aromatic heterocycles. The summed E-state index contributed by atoms with van der Waals surface area (Å²) in [4.78, 5) is 16.2. The molecule has 188 valence electrons. The Labute approximate surface area is 222 Å². The van der Waals surface area contributed by atoms with Crippen molar-refractivity contribution >= 4 is 52.1 Å². The Kier molecular flexibility index (Phi) is 10.6. The molecule has 0 amide bonds. The normalized spacial score (nSPS) is 23.4. The molecule has 1 saturated carbocycles. The largest absolute Gasteiger partial charge is 0.457 e. The van der Waals surface area contributed by atoms with Crippen molar-refractivity contribution in [1.82, 2.24) is 4.90 Å². The molecule has 34 heavy (non-hydrogen) atoms. The van der Waals surface area contributed by atoms with Gasteiger partial charge in [-0.05, 0) is 107 Å². The highest BCUT2D eigenvalue weighted by molar-refractivity contribution is 7.13. The zero-order valence-corrected chi connectivity index (χ0v) is 23.1. The van der Waals surface area contributed by atoms with Gasteiger partial charge < -0.3 is 14.7 Å². The second-order valence-corrected chi connectivity index (χ2v) is 12.2. The summed E-state index contributed by atoms with van der Waals surface area (Å²) in [5.74, 6) is 0.168. The van der Waals surface area contributed by atoms with Gasteiger partial charge in [-0.15, -0.1) is 22.9 Å². The Morgan fingerprint density at radius 3 is 2.53 bits per heavy atom. The lowest BCUT2D eigenvalue weighted by Crippen LogP contribution is -2.27. The molecule has 1 N–H and O–H groups in total. The van der Waals surface area contributed by atoms with Gasteiger partial charge in [0.1, 0.15) is 11.0 Å². The number of ether oxygens (including phenoxy) is 1. The number of likely N-dealkylation sites (N-methyl/N-ethyl adjacent to an activating group) is 1. The number of rotatable bonds is 11. The maximum atomic E-state index is 12.4. The summed E-state index contributed by atoms with van der Waals surface area (Å²) in [5, 5.41) is 11.9. The topological polar surface area (TPSA) is 49.8 Å². The molecule has 1 heterocycles. The Bertz CT molecular complexity index is 931. The van der Waals surface area contributed by atoms with Crippen LogP contribution in [0.1, 0.15) is 52.7 Å². The van der Waals surface area contributed by atoms with Gasteiger partial charge in [-0.25, -0.2) is 4.79 Å². The minimum atomic E-state index is -0.380. The van der Waals surface area contributed by atoms with Gasteiger partial charge in [0.25, 0.3) is 0 Å². The number of thiophene rings is 1. The van der Waals surface area contributed by atoms with Crippen LogP contribution in [0, 0.1) is 11.8 Å². The minimum Gasteiger partial charge on any atom is -0.457 e. The predicted molar refractivity (Wildman–Crippen MR) is 143 cm³/mol. The second-order valence-electron chi connectivity index (χ2n) is 9.60. The third-order valence-corrected chi connectivity index (χ3v) is 8.48. The van der Waals surface area contributed by atoms with Gasteiger partial charge in [0.05, 0.1) is 6.10 Å². The molecule has 0 saturated heterocycles. The molecule has 0 spiro atoms. The molecule has 1 aliphatic carbocycles. The third-order valence-electron chi connectivity index (χ3n) is 6.42. The number of aryl methyl sites for hydroxylation is 2. The number of hydrogen-bond acceptors (Lipinski definition) is 5. The maximum Gasteiger partial charge on any atom is 0.348 e. The first kappa shape index (κ1) is 27.8. The standard InChI is InChI=1S/C26H34Cl3NO3S/c1-16(15-30(2)3)33-26(32)25-10-8-20(34-25)5-4-6-21-22(24(31)14-23(21)29)9-7-17-11-18(27)13-19(28)12-17/h8,10-13,16,21-24,31H,4-7,9,14-15H2,1-3H3/t16?,21-,22-,23-,24-/m1/s1. The van der Waals surface area contributed by atoms with Crippen LogP contribution < -0.4 is 0 Å². The molecule has 3 rings (SSSR count). The number of halogens is 3. The average molecular weight is 547 g/mol. The summed E-state index contributed by atoms with van der Waals surface area (Å²) in [5.41, 5.74) is 1.08. The van der Waals surface area contributed by atoms with E-state index in [1.807, 2.05) is 50.2 Å². The summed E-state index contributed by atoms with van der Waals surface area (Å²) in [6.45, 7) is 2.60. The summed E-state index contributed by atoms with van der Waals surface area (Å²) in [7, 11) is 3.92. The monoisotopic (exact) mass is 545 g/mol. The van der Waals surface area contributed by atoms with Crippen LogP contribution in [0.3, 0.4) is 0 Å². The second kappa shape index (κ2) is 12.9. The van der Waals surface area contributed by atoms with E-state index in [9.17, 15) is 9.90 Å². The highest BCUT2D eigenvalue weighted by Gasteiger charge is 2.40. The molecule has 1 aliphatic rings. The van der Waals surface area contributed by atoms with Crippen molar-refractivity contribution in [2.24, 2.45) is 11.8 Å². The average Bonchev–Trinajstić information content (AvgIpc) is 3.30. The molecule has 1 aromatic carbocycles. The fraction of sp³-hybridized carbons (Fsp3) is 0.577. The van der Waals surface area contributed by atoms with Crippen LogP contribution in [-0.4, -0.2) is 54.2 Å². The van der Waals surface area contributed by atoms with Gasteiger partial charge in [-0.2, -0.15) is 0 Å². The van der Waals surface area contributed by atoms with Crippen LogP contribution in [0.2, 0.25) is 10.0 Å². The smallest absolute Gasteiger partial charge is 0.348 e. The Morgan fingerprint density at radius 1 is 1.15 bits per heavy atom. The number of hydrogen-bond donors (Lipinski definition) is 1. The first-order valence-corrected chi connectivity index (χ1v) is 13.8. The molecule has 1 fully saturated rings. The number of carbonyl (C=O) groups is 1. The number of carbonyl (C=O) groups excluding carboxylic acids is 1. The maximum absolute atomic E-state index is 12.4. The lowest BCUT2D eigenvalue weighted by atomic mass is 9.85. The fourth-order valence-corrected chi connectivity index (χ4v) is 6.95. The van der Waals surface area contributed by atoms with Crippen LogP contribution in [0.15, 0.2) is 30.3 Å². The van der Waals surface area contributed by atoms with Crippen LogP contribution in [0.25, 0.3) is 0 Å². The molecule has 4 nitrogen and oxygen atoms in total. The number of aliphatic hydroxyl groups is 1. The van der Waals surface area contributed by atoms with Crippen molar-refractivity contribution in [3.63, 3.8) is 0 Å². The predicted octanol–water partition coefficient (Wildman–Crippen LogP) is 6.72. The van der Waals surface area contributed by atoms with Gasteiger partial charge in [0, 0.05) is 26.8 Å². The SMILES string of the molecule is CC(CN(C)C)OC(=O)c1ccc(CCC[C@@H]2[C@@H](CCc3cc(Cl)cc(Cl)c3)[C@H](O)C[C@H]2Cl)s1. The van der Waals surface area contributed by atoms with Crippen LogP contribution in [-0.2, 0) is 17.6 Å². The molecular formula is C26H34Cl3NO3S. The Hall–Kier alpha value is -0.820. The van der Waals surface area contributed by atoms with E-state index >= 15 is 0 Å². The molecule has 0 aliphatic heterocycles. The van der Waals surface area contributed by atoms with Crippen molar-refractivity contribution in [3.05, 3.63) is 55.7 Å². The van der Waals surface area contributed by atoms with Gasteiger partial charge in [0.15, 0.2) is 0 Å². The molecule has 8 heteroatoms. The number of alkyl halides is 1. The molecule has 1 unspecified atom stereocenters.